The zero-order valence-corrected chi connectivity index (χ0v) is 9.85. The number of rotatable bonds is 4. The second kappa shape index (κ2) is 5.03. The van der Waals surface area contributed by atoms with Crippen molar-refractivity contribution in [1.82, 2.24) is 5.43 Å². The minimum Gasteiger partial charge on any atom is -0.377 e. The monoisotopic (exact) mass is 248 g/mol. The molecule has 1 atom stereocenters. The summed E-state index contributed by atoms with van der Waals surface area (Å²) in [6, 6.07) is 1.19. The lowest BCUT2D eigenvalue weighted by atomic mass is 9.91. The van der Waals surface area contributed by atoms with Crippen molar-refractivity contribution < 1.29 is 17.9 Å². The third kappa shape index (κ3) is 2.59. The molecule has 1 rings (SSSR count). The molecule has 6 heteroatoms. The van der Waals surface area contributed by atoms with E-state index in [0.717, 1.165) is 12.1 Å². The van der Waals surface area contributed by atoms with Crippen LogP contribution in [0.1, 0.15) is 25.5 Å². The molecule has 0 bridgehead atoms. The summed E-state index contributed by atoms with van der Waals surface area (Å²) in [4.78, 5) is 0. The standard InChI is InChI=1S/C11H15F3N2O/c1-11(2,17-3)10(16-15)6-4-5-7(12)9(14)8(6)13/h4-5,10,16H,15H2,1-3H3. The Morgan fingerprint density at radius 2 is 1.82 bits per heavy atom. The molecule has 1 unspecified atom stereocenters. The topological polar surface area (TPSA) is 47.3 Å². The van der Waals surface area contributed by atoms with Gasteiger partial charge in [-0.2, -0.15) is 0 Å². The van der Waals surface area contributed by atoms with Crippen LogP contribution in [0.2, 0.25) is 0 Å². The lowest BCUT2D eigenvalue weighted by Crippen LogP contribution is -2.44. The summed E-state index contributed by atoms with van der Waals surface area (Å²) in [5.74, 6) is 1.29. The quantitative estimate of drug-likeness (QED) is 0.487. The molecule has 0 aliphatic rings. The SMILES string of the molecule is COC(C)(C)C(NN)c1ccc(F)c(F)c1F. The van der Waals surface area contributed by atoms with Crippen LogP contribution in [0.5, 0.6) is 0 Å². The Hall–Kier alpha value is -1.11. The van der Waals surface area contributed by atoms with Crippen LogP contribution in [0, 0.1) is 17.5 Å². The fourth-order valence-corrected chi connectivity index (χ4v) is 1.55. The van der Waals surface area contributed by atoms with E-state index in [1.54, 1.807) is 13.8 Å². The number of benzene rings is 1. The van der Waals surface area contributed by atoms with Crippen LogP contribution in [-0.4, -0.2) is 12.7 Å². The van der Waals surface area contributed by atoms with Crippen molar-refractivity contribution in [2.45, 2.75) is 25.5 Å². The Bertz CT molecular complexity index is 410. The first-order valence-corrected chi connectivity index (χ1v) is 4.99. The number of nitrogens with two attached hydrogens (primary N) is 1. The Morgan fingerprint density at radius 3 is 2.29 bits per heavy atom. The first-order valence-electron chi connectivity index (χ1n) is 4.99. The molecule has 3 nitrogen and oxygen atoms in total. The van der Waals surface area contributed by atoms with E-state index in [0.29, 0.717) is 0 Å². The van der Waals surface area contributed by atoms with E-state index in [1.165, 1.54) is 7.11 Å². The van der Waals surface area contributed by atoms with Crippen molar-refractivity contribution in [3.63, 3.8) is 0 Å². The van der Waals surface area contributed by atoms with Crippen molar-refractivity contribution >= 4 is 0 Å². The summed E-state index contributed by atoms with van der Waals surface area (Å²) in [6.07, 6.45) is 0. The minimum absolute atomic E-state index is 0.0850. The van der Waals surface area contributed by atoms with E-state index in [9.17, 15) is 13.2 Å². The summed E-state index contributed by atoms with van der Waals surface area (Å²) >= 11 is 0. The van der Waals surface area contributed by atoms with Crippen molar-refractivity contribution in [2.24, 2.45) is 5.84 Å². The van der Waals surface area contributed by atoms with E-state index >= 15 is 0 Å². The van der Waals surface area contributed by atoms with Gasteiger partial charge in [-0.3, -0.25) is 5.84 Å². The summed E-state index contributed by atoms with van der Waals surface area (Å²) in [5.41, 5.74) is 1.38. The van der Waals surface area contributed by atoms with Gasteiger partial charge in [0.15, 0.2) is 17.5 Å². The van der Waals surface area contributed by atoms with E-state index < -0.39 is 29.1 Å². The zero-order chi connectivity index (χ0) is 13.2. The van der Waals surface area contributed by atoms with Gasteiger partial charge in [0.1, 0.15) is 0 Å². The Labute approximate surface area is 97.7 Å². The van der Waals surface area contributed by atoms with Gasteiger partial charge in [0.05, 0.1) is 11.6 Å². The maximum absolute atomic E-state index is 13.6. The van der Waals surface area contributed by atoms with Crippen LogP contribution >= 0.6 is 0 Å². The van der Waals surface area contributed by atoms with Crippen molar-refractivity contribution in [2.75, 3.05) is 7.11 Å². The van der Waals surface area contributed by atoms with Gasteiger partial charge in [0.2, 0.25) is 0 Å². The molecule has 0 amide bonds. The molecule has 0 aliphatic heterocycles. The smallest absolute Gasteiger partial charge is 0.194 e. The molecule has 0 spiro atoms. The first kappa shape index (κ1) is 14.0. The van der Waals surface area contributed by atoms with Crippen LogP contribution in [0.3, 0.4) is 0 Å². The van der Waals surface area contributed by atoms with Crippen LogP contribution in [0.4, 0.5) is 13.2 Å². The molecule has 0 radical (unpaired) electrons. The minimum atomic E-state index is -1.52. The fraction of sp³-hybridized carbons (Fsp3) is 0.455. The van der Waals surface area contributed by atoms with Gasteiger partial charge in [-0.15, -0.1) is 0 Å². The van der Waals surface area contributed by atoms with E-state index in [2.05, 4.69) is 5.43 Å². The number of nitrogens with one attached hydrogen (secondary N) is 1. The lowest BCUT2D eigenvalue weighted by Gasteiger charge is -2.33. The molecule has 0 saturated carbocycles. The normalized spacial score (nSPS) is 13.8. The highest BCUT2D eigenvalue weighted by molar-refractivity contribution is 5.25. The Kier molecular flexibility index (Phi) is 4.13. The molecule has 0 heterocycles. The third-order valence-corrected chi connectivity index (χ3v) is 2.76. The summed E-state index contributed by atoms with van der Waals surface area (Å²) in [6.45, 7) is 3.30. The van der Waals surface area contributed by atoms with Gasteiger partial charge in [-0.25, -0.2) is 18.6 Å². The number of halogens is 3. The van der Waals surface area contributed by atoms with Crippen LogP contribution in [0.25, 0.3) is 0 Å². The predicted octanol–water partition coefficient (Wildman–Crippen LogP) is 2.03. The van der Waals surface area contributed by atoms with Gasteiger partial charge in [0.25, 0.3) is 0 Å². The number of methoxy groups -OCH3 is 1. The first-order chi connectivity index (χ1) is 7.85. The summed E-state index contributed by atoms with van der Waals surface area (Å²) in [7, 11) is 1.42. The largest absolute Gasteiger partial charge is 0.377 e. The van der Waals surface area contributed by atoms with Gasteiger partial charge >= 0.3 is 0 Å². The van der Waals surface area contributed by atoms with Gasteiger partial charge in [-0.05, 0) is 19.9 Å². The maximum atomic E-state index is 13.6. The molecule has 17 heavy (non-hydrogen) atoms. The molecule has 3 N–H and O–H groups in total. The van der Waals surface area contributed by atoms with Gasteiger partial charge in [-0.1, -0.05) is 6.07 Å². The van der Waals surface area contributed by atoms with Crippen molar-refractivity contribution in [3.8, 4) is 0 Å². The molecule has 0 saturated heterocycles. The number of hydrazine groups is 1. The van der Waals surface area contributed by atoms with E-state index in [-0.39, 0.29) is 5.56 Å². The molecule has 1 aromatic carbocycles. The van der Waals surface area contributed by atoms with Gasteiger partial charge < -0.3 is 4.74 Å². The van der Waals surface area contributed by atoms with Crippen LogP contribution < -0.4 is 11.3 Å². The second-order valence-corrected chi connectivity index (χ2v) is 4.17. The maximum Gasteiger partial charge on any atom is 0.194 e. The van der Waals surface area contributed by atoms with E-state index in [4.69, 9.17) is 10.6 Å². The average molecular weight is 248 g/mol. The second-order valence-electron chi connectivity index (χ2n) is 4.17. The fourth-order valence-electron chi connectivity index (χ4n) is 1.55. The molecular formula is C11H15F3N2O. The Morgan fingerprint density at radius 1 is 1.24 bits per heavy atom. The molecular weight excluding hydrogens is 233 g/mol. The third-order valence-electron chi connectivity index (χ3n) is 2.76. The highest BCUT2D eigenvalue weighted by Gasteiger charge is 2.33. The number of hydrogen-bond acceptors (Lipinski definition) is 3. The summed E-state index contributed by atoms with van der Waals surface area (Å²) in [5, 5.41) is 0. The highest BCUT2D eigenvalue weighted by Crippen LogP contribution is 2.30. The van der Waals surface area contributed by atoms with Crippen molar-refractivity contribution in [3.05, 3.63) is 35.1 Å². The average Bonchev–Trinajstić information content (AvgIpc) is 2.30. The van der Waals surface area contributed by atoms with Crippen LogP contribution in [0.15, 0.2) is 12.1 Å². The number of hydrogen-bond donors (Lipinski definition) is 2. The molecule has 0 fully saturated rings. The zero-order valence-electron chi connectivity index (χ0n) is 9.85. The van der Waals surface area contributed by atoms with E-state index in [1.807, 2.05) is 0 Å². The summed E-state index contributed by atoms with van der Waals surface area (Å²) < 4.78 is 44.7. The molecule has 0 aliphatic carbocycles. The molecule has 0 aromatic heterocycles. The predicted molar refractivity (Wildman–Crippen MR) is 57.5 cm³/mol. The van der Waals surface area contributed by atoms with Crippen molar-refractivity contribution in [1.29, 1.82) is 0 Å². The number of ether oxygens (including phenoxy) is 1. The lowest BCUT2D eigenvalue weighted by molar-refractivity contribution is -0.0123. The molecule has 96 valence electrons. The van der Waals surface area contributed by atoms with Gasteiger partial charge in [0, 0.05) is 12.7 Å². The molecule has 1 aromatic rings. The van der Waals surface area contributed by atoms with Crippen LogP contribution in [-0.2, 0) is 4.74 Å². The highest BCUT2D eigenvalue weighted by atomic mass is 19.2. The Balaban J connectivity index is 3.27.